The SMILES string of the molecule is Cc1ccc(C2CCCN2C(=O)c2cnccn2)cc1. The number of hydrogen-bond donors (Lipinski definition) is 0. The fraction of sp³-hybridized carbons (Fsp3) is 0.312. The van der Waals surface area contributed by atoms with E-state index in [1.54, 1.807) is 12.4 Å². The number of likely N-dealkylation sites (tertiary alicyclic amines) is 1. The number of amides is 1. The summed E-state index contributed by atoms with van der Waals surface area (Å²) in [6.45, 7) is 2.86. The maximum absolute atomic E-state index is 12.5. The Kier molecular flexibility index (Phi) is 3.46. The summed E-state index contributed by atoms with van der Waals surface area (Å²) in [6, 6.07) is 8.58. The lowest BCUT2D eigenvalue weighted by Gasteiger charge is -2.24. The zero-order valence-corrected chi connectivity index (χ0v) is 11.5. The van der Waals surface area contributed by atoms with Gasteiger partial charge in [-0.3, -0.25) is 9.78 Å². The summed E-state index contributed by atoms with van der Waals surface area (Å²) < 4.78 is 0. The van der Waals surface area contributed by atoms with Crippen molar-refractivity contribution < 1.29 is 4.79 Å². The summed E-state index contributed by atoms with van der Waals surface area (Å²) in [5, 5.41) is 0. The fourth-order valence-electron chi connectivity index (χ4n) is 2.70. The van der Waals surface area contributed by atoms with Gasteiger partial charge in [-0.1, -0.05) is 29.8 Å². The lowest BCUT2D eigenvalue weighted by Crippen LogP contribution is -2.31. The molecule has 0 aliphatic carbocycles. The highest BCUT2D eigenvalue weighted by molar-refractivity contribution is 5.92. The van der Waals surface area contributed by atoms with E-state index in [1.165, 1.54) is 17.3 Å². The van der Waals surface area contributed by atoms with Crippen LogP contribution in [0, 0.1) is 6.92 Å². The first-order chi connectivity index (χ1) is 9.75. The van der Waals surface area contributed by atoms with E-state index >= 15 is 0 Å². The van der Waals surface area contributed by atoms with Gasteiger partial charge in [0.2, 0.25) is 0 Å². The molecule has 0 saturated carbocycles. The number of hydrogen-bond acceptors (Lipinski definition) is 3. The summed E-state index contributed by atoms with van der Waals surface area (Å²) in [5.41, 5.74) is 2.86. The van der Waals surface area contributed by atoms with Crippen molar-refractivity contribution in [3.05, 3.63) is 59.7 Å². The van der Waals surface area contributed by atoms with Gasteiger partial charge in [0.1, 0.15) is 5.69 Å². The zero-order chi connectivity index (χ0) is 13.9. The molecule has 20 heavy (non-hydrogen) atoms. The Labute approximate surface area is 118 Å². The zero-order valence-electron chi connectivity index (χ0n) is 11.5. The lowest BCUT2D eigenvalue weighted by molar-refractivity contribution is 0.0729. The predicted octanol–water partition coefficient (Wildman–Crippen LogP) is 2.76. The molecule has 1 aromatic heterocycles. The Morgan fingerprint density at radius 2 is 2.05 bits per heavy atom. The van der Waals surface area contributed by atoms with Crippen LogP contribution in [-0.4, -0.2) is 27.3 Å². The Balaban J connectivity index is 1.86. The van der Waals surface area contributed by atoms with Crippen LogP contribution in [0.25, 0.3) is 0 Å². The molecule has 0 bridgehead atoms. The minimum atomic E-state index is -0.0267. The number of benzene rings is 1. The topological polar surface area (TPSA) is 46.1 Å². The molecule has 4 nitrogen and oxygen atoms in total. The van der Waals surface area contributed by atoms with Crippen LogP contribution in [-0.2, 0) is 0 Å². The van der Waals surface area contributed by atoms with Crippen LogP contribution in [0.4, 0.5) is 0 Å². The molecule has 0 spiro atoms. The van der Waals surface area contributed by atoms with Crippen molar-refractivity contribution in [3.8, 4) is 0 Å². The first-order valence-electron chi connectivity index (χ1n) is 6.89. The molecule has 1 fully saturated rings. The Morgan fingerprint density at radius 3 is 2.75 bits per heavy atom. The monoisotopic (exact) mass is 267 g/mol. The highest BCUT2D eigenvalue weighted by Gasteiger charge is 2.31. The quantitative estimate of drug-likeness (QED) is 0.840. The molecule has 1 unspecified atom stereocenters. The molecule has 1 aromatic carbocycles. The second-order valence-electron chi connectivity index (χ2n) is 5.16. The molecule has 4 heteroatoms. The van der Waals surface area contributed by atoms with Gasteiger partial charge in [-0.25, -0.2) is 4.98 Å². The second kappa shape index (κ2) is 5.41. The second-order valence-corrected chi connectivity index (χ2v) is 5.16. The molecule has 1 amide bonds. The van der Waals surface area contributed by atoms with Crippen LogP contribution >= 0.6 is 0 Å². The van der Waals surface area contributed by atoms with Gasteiger partial charge in [0.25, 0.3) is 5.91 Å². The third kappa shape index (κ3) is 2.41. The standard InChI is InChI=1S/C16H17N3O/c1-12-4-6-13(7-5-12)15-3-2-10-19(15)16(20)14-11-17-8-9-18-14/h4-9,11,15H,2-3,10H2,1H3. The third-order valence-electron chi connectivity index (χ3n) is 3.76. The Morgan fingerprint density at radius 1 is 1.25 bits per heavy atom. The molecule has 1 atom stereocenters. The molecule has 1 aliphatic heterocycles. The van der Waals surface area contributed by atoms with Gasteiger partial charge in [0, 0.05) is 18.9 Å². The van der Waals surface area contributed by atoms with E-state index in [0.29, 0.717) is 5.69 Å². The Hall–Kier alpha value is -2.23. The van der Waals surface area contributed by atoms with Crippen molar-refractivity contribution in [2.75, 3.05) is 6.54 Å². The smallest absolute Gasteiger partial charge is 0.274 e. The van der Waals surface area contributed by atoms with E-state index in [1.807, 2.05) is 4.90 Å². The van der Waals surface area contributed by atoms with Crippen molar-refractivity contribution in [2.45, 2.75) is 25.8 Å². The average molecular weight is 267 g/mol. The number of aryl methyl sites for hydroxylation is 1. The van der Waals surface area contributed by atoms with Gasteiger partial charge in [-0.05, 0) is 25.3 Å². The summed E-state index contributed by atoms with van der Waals surface area (Å²) >= 11 is 0. The van der Waals surface area contributed by atoms with E-state index in [4.69, 9.17) is 0 Å². The maximum atomic E-state index is 12.5. The molecule has 0 radical (unpaired) electrons. The molecular formula is C16H17N3O. The number of nitrogens with zero attached hydrogens (tertiary/aromatic N) is 3. The van der Waals surface area contributed by atoms with Crippen LogP contribution in [0.3, 0.4) is 0 Å². The first kappa shape index (κ1) is 12.8. The lowest BCUT2D eigenvalue weighted by atomic mass is 10.0. The largest absolute Gasteiger partial charge is 0.330 e. The van der Waals surface area contributed by atoms with Crippen molar-refractivity contribution in [3.63, 3.8) is 0 Å². The average Bonchev–Trinajstić information content (AvgIpc) is 2.97. The summed E-state index contributed by atoms with van der Waals surface area (Å²) in [7, 11) is 0. The minimum Gasteiger partial charge on any atom is -0.330 e. The molecule has 0 N–H and O–H groups in total. The minimum absolute atomic E-state index is 0.0267. The van der Waals surface area contributed by atoms with Crippen molar-refractivity contribution in [1.82, 2.24) is 14.9 Å². The third-order valence-corrected chi connectivity index (χ3v) is 3.76. The highest BCUT2D eigenvalue weighted by Crippen LogP contribution is 2.32. The van der Waals surface area contributed by atoms with Gasteiger partial charge < -0.3 is 4.90 Å². The number of carbonyl (C=O) groups excluding carboxylic acids is 1. The predicted molar refractivity (Wildman–Crippen MR) is 76.2 cm³/mol. The summed E-state index contributed by atoms with van der Waals surface area (Å²) in [5.74, 6) is -0.0267. The molecule has 3 rings (SSSR count). The van der Waals surface area contributed by atoms with Crippen molar-refractivity contribution >= 4 is 5.91 Å². The van der Waals surface area contributed by atoms with Crippen LogP contribution in [0.15, 0.2) is 42.9 Å². The summed E-state index contributed by atoms with van der Waals surface area (Å²) in [6.07, 6.45) is 6.72. The molecule has 2 heterocycles. The van der Waals surface area contributed by atoms with E-state index in [-0.39, 0.29) is 11.9 Å². The maximum Gasteiger partial charge on any atom is 0.274 e. The molecule has 102 valence electrons. The molecular weight excluding hydrogens is 250 g/mol. The van der Waals surface area contributed by atoms with Gasteiger partial charge in [0.15, 0.2) is 0 Å². The van der Waals surface area contributed by atoms with Crippen LogP contribution in [0.5, 0.6) is 0 Å². The van der Waals surface area contributed by atoms with Crippen LogP contribution < -0.4 is 0 Å². The first-order valence-corrected chi connectivity index (χ1v) is 6.89. The Bertz CT molecular complexity index is 595. The van der Waals surface area contributed by atoms with Gasteiger partial charge >= 0.3 is 0 Å². The van der Waals surface area contributed by atoms with Crippen LogP contribution in [0.2, 0.25) is 0 Å². The van der Waals surface area contributed by atoms with Gasteiger partial charge in [0.05, 0.1) is 12.2 Å². The summed E-state index contributed by atoms with van der Waals surface area (Å²) in [4.78, 5) is 22.5. The van der Waals surface area contributed by atoms with Gasteiger partial charge in [-0.2, -0.15) is 0 Å². The molecule has 1 saturated heterocycles. The number of aromatic nitrogens is 2. The van der Waals surface area contributed by atoms with E-state index < -0.39 is 0 Å². The van der Waals surface area contributed by atoms with E-state index in [9.17, 15) is 4.79 Å². The van der Waals surface area contributed by atoms with Crippen molar-refractivity contribution in [2.24, 2.45) is 0 Å². The molecule has 2 aromatic rings. The normalized spacial score (nSPS) is 18.2. The van der Waals surface area contributed by atoms with E-state index in [2.05, 4.69) is 41.2 Å². The number of carbonyl (C=O) groups is 1. The number of rotatable bonds is 2. The van der Waals surface area contributed by atoms with Gasteiger partial charge in [-0.15, -0.1) is 0 Å². The fourth-order valence-corrected chi connectivity index (χ4v) is 2.70. The molecule has 1 aliphatic rings. The van der Waals surface area contributed by atoms with E-state index in [0.717, 1.165) is 19.4 Å². The highest BCUT2D eigenvalue weighted by atomic mass is 16.2. The van der Waals surface area contributed by atoms with Crippen LogP contribution in [0.1, 0.15) is 40.5 Å². The van der Waals surface area contributed by atoms with Crippen molar-refractivity contribution in [1.29, 1.82) is 0 Å².